The molecule has 0 spiro atoms. The molecule has 0 radical (unpaired) electrons. The summed E-state index contributed by atoms with van der Waals surface area (Å²) < 4.78 is 32.3. The highest BCUT2D eigenvalue weighted by Gasteiger charge is 2.36. The predicted octanol–water partition coefficient (Wildman–Crippen LogP) is 3.99. The molecular weight excluding hydrogens is 581 g/mol. The first kappa shape index (κ1) is 23.8. The summed E-state index contributed by atoms with van der Waals surface area (Å²) in [5.41, 5.74) is 3.36. The van der Waals surface area contributed by atoms with Gasteiger partial charge < -0.3 is 15.2 Å². The van der Waals surface area contributed by atoms with E-state index >= 15 is 0 Å². The zero-order valence-corrected chi connectivity index (χ0v) is 22.4. The maximum absolute atomic E-state index is 11.9. The molecule has 0 aliphatic carbocycles. The van der Waals surface area contributed by atoms with Crippen LogP contribution < -0.4 is 10.1 Å². The summed E-state index contributed by atoms with van der Waals surface area (Å²) in [4.78, 5) is 14.0. The van der Waals surface area contributed by atoms with Crippen LogP contribution in [0, 0.1) is 3.83 Å². The van der Waals surface area contributed by atoms with Gasteiger partial charge in [-0.05, 0) is 55.7 Å². The summed E-state index contributed by atoms with van der Waals surface area (Å²) >= 11 is 2.10. The molecule has 2 N–H and O–H groups in total. The third kappa shape index (κ3) is 4.54. The van der Waals surface area contributed by atoms with Crippen LogP contribution in [0.3, 0.4) is 0 Å². The average Bonchev–Trinajstić information content (AvgIpc) is 3.31. The van der Waals surface area contributed by atoms with Gasteiger partial charge in [-0.25, -0.2) is 18.4 Å². The Morgan fingerprint density at radius 3 is 2.74 bits per heavy atom. The van der Waals surface area contributed by atoms with Gasteiger partial charge in [-0.1, -0.05) is 18.2 Å². The van der Waals surface area contributed by atoms with E-state index in [0.717, 1.165) is 11.2 Å². The van der Waals surface area contributed by atoms with Crippen molar-refractivity contribution in [2.75, 3.05) is 24.7 Å². The van der Waals surface area contributed by atoms with Crippen LogP contribution in [0.15, 0.2) is 47.4 Å². The molecule has 1 aliphatic heterocycles. The molecule has 5 rings (SSSR count). The Bertz CT molecular complexity index is 1570. The van der Waals surface area contributed by atoms with E-state index < -0.39 is 9.84 Å². The highest BCUT2D eigenvalue weighted by Crippen LogP contribution is 2.36. The quantitative estimate of drug-likeness (QED) is 0.250. The van der Waals surface area contributed by atoms with Crippen molar-refractivity contribution in [1.82, 2.24) is 19.5 Å². The molecular formula is C24H24IN5O4S. The second-order valence-electron chi connectivity index (χ2n) is 9.17. The van der Waals surface area contributed by atoms with E-state index in [0.29, 0.717) is 51.9 Å². The first-order valence-corrected chi connectivity index (χ1v) is 14.0. The lowest BCUT2D eigenvalue weighted by Gasteiger charge is -2.18. The number of phenolic OH excluding ortho intramolecular Hbond substituents is 1. The first-order chi connectivity index (χ1) is 16.5. The summed E-state index contributed by atoms with van der Waals surface area (Å²) in [5.74, 6) is 0.732. The smallest absolute Gasteiger partial charge is 0.299 e. The molecule has 0 bridgehead atoms. The Hall–Kier alpha value is -2.93. The highest BCUT2D eigenvalue weighted by atomic mass is 127. The van der Waals surface area contributed by atoms with Gasteiger partial charge in [0.15, 0.2) is 30.7 Å². The Labute approximate surface area is 216 Å². The molecule has 35 heavy (non-hydrogen) atoms. The third-order valence-electron chi connectivity index (χ3n) is 5.95. The predicted molar refractivity (Wildman–Crippen MR) is 142 cm³/mol. The zero-order valence-electron chi connectivity index (χ0n) is 19.4. The average molecular weight is 605 g/mol. The van der Waals surface area contributed by atoms with Crippen LogP contribution >= 0.6 is 22.6 Å². The lowest BCUT2D eigenvalue weighted by molar-refractivity contribution is 0.268. The first-order valence-electron chi connectivity index (χ1n) is 11.0. The monoisotopic (exact) mass is 605 g/mol. The molecule has 0 fully saturated rings. The van der Waals surface area contributed by atoms with Crippen molar-refractivity contribution >= 4 is 49.4 Å². The van der Waals surface area contributed by atoms with Crippen molar-refractivity contribution in [3.8, 4) is 22.9 Å². The molecule has 3 heterocycles. The van der Waals surface area contributed by atoms with Crippen LogP contribution in [-0.4, -0.2) is 52.5 Å². The van der Waals surface area contributed by atoms with E-state index in [4.69, 9.17) is 4.74 Å². The number of aromatic hydroxyl groups is 1. The number of sulfone groups is 1. The third-order valence-corrected chi connectivity index (χ3v) is 7.54. The standard InChI is InChI=1S/C24H24IN5O4S/c1-24(2)13-34-23-27-19-20(28-22(25)29-21(19)30(23)24)26-10-9-14-7-8-18(31)17(11-14)15-5-4-6-16(12-15)35(3,32)33/h4-8,11-12,31H,9-10,13H2,1-3H3,(H,26,28,29). The fourth-order valence-electron chi connectivity index (χ4n) is 4.17. The molecule has 2 aromatic heterocycles. The van der Waals surface area contributed by atoms with Gasteiger partial charge in [0.1, 0.15) is 12.4 Å². The molecule has 0 amide bonds. The molecule has 0 atom stereocenters. The van der Waals surface area contributed by atoms with Crippen LogP contribution in [0.1, 0.15) is 19.4 Å². The van der Waals surface area contributed by atoms with Gasteiger partial charge >= 0.3 is 0 Å². The maximum Gasteiger partial charge on any atom is 0.299 e. The summed E-state index contributed by atoms with van der Waals surface area (Å²) in [7, 11) is -3.35. The topological polar surface area (TPSA) is 119 Å². The number of nitrogens with zero attached hydrogens (tertiary/aromatic N) is 4. The second-order valence-corrected chi connectivity index (χ2v) is 12.2. The van der Waals surface area contributed by atoms with Gasteiger partial charge in [0.05, 0.1) is 10.4 Å². The molecule has 11 heteroatoms. The summed E-state index contributed by atoms with van der Waals surface area (Å²) in [5, 5.41) is 13.8. The van der Waals surface area contributed by atoms with Gasteiger partial charge in [-0.2, -0.15) is 4.98 Å². The van der Waals surface area contributed by atoms with Crippen molar-refractivity contribution in [1.29, 1.82) is 0 Å². The minimum Gasteiger partial charge on any atom is -0.507 e. The summed E-state index contributed by atoms with van der Waals surface area (Å²) in [6, 6.07) is 12.5. The van der Waals surface area contributed by atoms with Crippen LogP contribution in [-0.2, 0) is 21.8 Å². The van der Waals surface area contributed by atoms with Gasteiger partial charge in [0, 0.05) is 41.0 Å². The van der Waals surface area contributed by atoms with Gasteiger partial charge in [0.25, 0.3) is 6.01 Å². The molecule has 9 nitrogen and oxygen atoms in total. The Kier molecular flexibility index (Phi) is 5.86. The van der Waals surface area contributed by atoms with Crippen molar-refractivity contribution in [2.45, 2.75) is 30.7 Å². The summed E-state index contributed by atoms with van der Waals surface area (Å²) in [6.07, 6.45) is 1.82. The molecule has 0 saturated carbocycles. The number of anilines is 1. The molecule has 1 aliphatic rings. The number of phenols is 1. The molecule has 4 aromatic rings. The minimum atomic E-state index is -3.35. The number of rotatable bonds is 6. The Morgan fingerprint density at radius 2 is 1.97 bits per heavy atom. The molecule has 0 unspecified atom stereocenters. The van der Waals surface area contributed by atoms with Crippen LogP contribution in [0.25, 0.3) is 22.3 Å². The van der Waals surface area contributed by atoms with E-state index in [1.165, 1.54) is 6.26 Å². The summed E-state index contributed by atoms with van der Waals surface area (Å²) in [6.45, 7) is 5.29. The van der Waals surface area contributed by atoms with Crippen molar-refractivity contribution in [3.05, 3.63) is 51.9 Å². The van der Waals surface area contributed by atoms with Crippen LogP contribution in [0.2, 0.25) is 0 Å². The normalized spacial score (nSPS) is 14.6. The number of fused-ring (bicyclic) bond motifs is 3. The van der Waals surface area contributed by atoms with E-state index in [-0.39, 0.29) is 16.2 Å². The van der Waals surface area contributed by atoms with E-state index in [1.807, 2.05) is 16.7 Å². The number of imidazole rings is 1. The Morgan fingerprint density at radius 1 is 1.17 bits per heavy atom. The van der Waals surface area contributed by atoms with Crippen molar-refractivity contribution < 1.29 is 18.3 Å². The van der Waals surface area contributed by atoms with E-state index in [2.05, 4.69) is 56.7 Å². The zero-order chi connectivity index (χ0) is 25.0. The van der Waals surface area contributed by atoms with E-state index in [9.17, 15) is 13.5 Å². The Balaban J connectivity index is 1.38. The number of halogens is 1. The second kappa shape index (κ2) is 8.63. The fourth-order valence-corrected chi connectivity index (χ4v) is 5.31. The lowest BCUT2D eigenvalue weighted by atomic mass is 10.0. The molecule has 0 saturated heterocycles. The van der Waals surface area contributed by atoms with Gasteiger partial charge in [-0.15, -0.1) is 0 Å². The number of aromatic nitrogens is 4. The number of hydrogen-bond donors (Lipinski definition) is 2. The molecule has 182 valence electrons. The number of nitrogens with one attached hydrogen (secondary N) is 1. The van der Waals surface area contributed by atoms with Crippen molar-refractivity contribution in [2.24, 2.45) is 0 Å². The van der Waals surface area contributed by atoms with Gasteiger partial charge in [-0.3, -0.25) is 4.57 Å². The van der Waals surface area contributed by atoms with Crippen LogP contribution in [0.4, 0.5) is 5.82 Å². The minimum absolute atomic E-state index is 0.0922. The van der Waals surface area contributed by atoms with Gasteiger partial charge in [0.2, 0.25) is 0 Å². The van der Waals surface area contributed by atoms with Crippen LogP contribution in [0.5, 0.6) is 11.8 Å². The fraction of sp³-hybridized carbons (Fsp3) is 0.292. The lowest BCUT2D eigenvalue weighted by Crippen LogP contribution is -2.26. The highest BCUT2D eigenvalue weighted by molar-refractivity contribution is 14.1. The largest absolute Gasteiger partial charge is 0.507 e. The van der Waals surface area contributed by atoms with Crippen molar-refractivity contribution in [3.63, 3.8) is 0 Å². The SMILES string of the molecule is CC1(C)COc2nc3c(NCCc4ccc(O)c(-c5cccc(S(C)(=O)=O)c5)c4)nc(I)nc3n21. The number of ether oxygens (including phenoxy) is 1. The number of hydrogen-bond acceptors (Lipinski definition) is 8. The number of benzene rings is 2. The van der Waals surface area contributed by atoms with E-state index in [1.54, 1.807) is 30.3 Å². The maximum atomic E-state index is 11.9. The molecule has 2 aromatic carbocycles.